The number of pyridine rings is 1. The van der Waals surface area contributed by atoms with Gasteiger partial charge in [0.15, 0.2) is 0 Å². The lowest BCUT2D eigenvalue weighted by Crippen LogP contribution is -2.39. The minimum absolute atomic E-state index is 0.620. The molecule has 1 N–H and O–H groups in total. The molecule has 0 aliphatic carbocycles. The van der Waals surface area contributed by atoms with E-state index < -0.39 is 0 Å². The van der Waals surface area contributed by atoms with Crippen LogP contribution in [0, 0.1) is 0 Å². The van der Waals surface area contributed by atoms with Crippen LogP contribution in [0.1, 0.15) is 32.3 Å². The molecule has 4 heteroatoms. The van der Waals surface area contributed by atoms with Gasteiger partial charge in [-0.3, -0.25) is 9.88 Å². The van der Waals surface area contributed by atoms with Crippen molar-refractivity contribution in [2.75, 3.05) is 13.1 Å². The van der Waals surface area contributed by atoms with Crippen molar-refractivity contribution in [3.63, 3.8) is 0 Å². The summed E-state index contributed by atoms with van der Waals surface area (Å²) in [7, 11) is 0. The first-order valence-electron chi connectivity index (χ1n) is 6.76. The Labute approximate surface area is 118 Å². The van der Waals surface area contributed by atoms with Crippen molar-refractivity contribution in [2.45, 2.75) is 45.3 Å². The molecule has 0 saturated carbocycles. The number of rotatable bonds is 3. The first-order valence-corrected chi connectivity index (χ1v) is 7.55. The van der Waals surface area contributed by atoms with Gasteiger partial charge in [0.25, 0.3) is 0 Å². The molecule has 0 spiro atoms. The molecule has 0 bridgehead atoms. The summed E-state index contributed by atoms with van der Waals surface area (Å²) in [6, 6.07) is 3.42. The van der Waals surface area contributed by atoms with Crippen LogP contribution >= 0.6 is 15.9 Å². The van der Waals surface area contributed by atoms with E-state index in [2.05, 4.69) is 51.0 Å². The van der Waals surface area contributed by atoms with Gasteiger partial charge in [-0.15, -0.1) is 0 Å². The molecule has 2 rings (SSSR count). The average Bonchev–Trinajstić information content (AvgIpc) is 2.52. The smallest absolute Gasteiger partial charge is 0.0410 e. The van der Waals surface area contributed by atoms with Gasteiger partial charge in [0, 0.05) is 42.0 Å². The lowest BCUT2D eigenvalue weighted by Gasteiger charge is -2.28. The second-order valence-corrected chi connectivity index (χ2v) is 6.05. The SMILES string of the molecule is CCC1CN(Cc2cncc(Br)c2)C(C)CCN1. The maximum atomic E-state index is 4.25. The van der Waals surface area contributed by atoms with Gasteiger partial charge in [-0.2, -0.15) is 0 Å². The second-order valence-electron chi connectivity index (χ2n) is 5.14. The predicted octanol–water partition coefficient (Wildman–Crippen LogP) is 2.81. The van der Waals surface area contributed by atoms with E-state index in [1.165, 1.54) is 18.4 Å². The molecule has 2 unspecified atom stereocenters. The molecule has 1 aliphatic heterocycles. The number of nitrogens with zero attached hydrogens (tertiary/aromatic N) is 2. The van der Waals surface area contributed by atoms with Crippen molar-refractivity contribution in [3.05, 3.63) is 28.5 Å². The molecule has 1 aromatic heterocycles. The molecular weight excluding hydrogens is 290 g/mol. The van der Waals surface area contributed by atoms with Gasteiger partial charge in [0.1, 0.15) is 0 Å². The fourth-order valence-electron chi connectivity index (χ4n) is 2.48. The highest BCUT2D eigenvalue weighted by Gasteiger charge is 2.21. The Kier molecular flexibility index (Phi) is 5.15. The van der Waals surface area contributed by atoms with E-state index in [4.69, 9.17) is 0 Å². The monoisotopic (exact) mass is 311 g/mol. The second kappa shape index (κ2) is 6.64. The lowest BCUT2D eigenvalue weighted by atomic mass is 10.1. The third kappa shape index (κ3) is 3.77. The normalized spacial score (nSPS) is 25.9. The molecule has 2 heterocycles. The van der Waals surface area contributed by atoms with Crippen LogP contribution in [0.15, 0.2) is 22.9 Å². The number of aromatic nitrogens is 1. The third-order valence-electron chi connectivity index (χ3n) is 3.71. The van der Waals surface area contributed by atoms with Gasteiger partial charge in [0.2, 0.25) is 0 Å². The predicted molar refractivity (Wildman–Crippen MR) is 78.5 cm³/mol. The lowest BCUT2D eigenvalue weighted by molar-refractivity contribution is 0.194. The Morgan fingerprint density at radius 3 is 3.06 bits per heavy atom. The van der Waals surface area contributed by atoms with E-state index in [-0.39, 0.29) is 0 Å². The summed E-state index contributed by atoms with van der Waals surface area (Å²) in [5, 5.41) is 3.62. The molecule has 1 aromatic rings. The Hall–Kier alpha value is -0.450. The van der Waals surface area contributed by atoms with Crippen LogP contribution in [0.4, 0.5) is 0 Å². The highest BCUT2D eigenvalue weighted by Crippen LogP contribution is 2.16. The number of hydrogen-bond donors (Lipinski definition) is 1. The van der Waals surface area contributed by atoms with Gasteiger partial charge >= 0.3 is 0 Å². The van der Waals surface area contributed by atoms with Crippen LogP contribution in [-0.4, -0.2) is 35.1 Å². The third-order valence-corrected chi connectivity index (χ3v) is 4.15. The zero-order chi connectivity index (χ0) is 13.0. The van der Waals surface area contributed by atoms with Crippen molar-refractivity contribution >= 4 is 15.9 Å². The minimum Gasteiger partial charge on any atom is -0.313 e. The van der Waals surface area contributed by atoms with Crippen molar-refractivity contribution in [1.82, 2.24) is 15.2 Å². The van der Waals surface area contributed by atoms with Crippen LogP contribution in [0.3, 0.4) is 0 Å². The van der Waals surface area contributed by atoms with Gasteiger partial charge in [0.05, 0.1) is 0 Å². The molecule has 18 heavy (non-hydrogen) atoms. The largest absolute Gasteiger partial charge is 0.313 e. The van der Waals surface area contributed by atoms with Gasteiger partial charge in [-0.05, 0) is 53.9 Å². The van der Waals surface area contributed by atoms with Gasteiger partial charge < -0.3 is 5.32 Å². The summed E-state index contributed by atoms with van der Waals surface area (Å²) < 4.78 is 1.06. The van der Waals surface area contributed by atoms with Crippen LogP contribution in [0.5, 0.6) is 0 Å². The summed E-state index contributed by atoms with van der Waals surface area (Å²) in [5.74, 6) is 0. The van der Waals surface area contributed by atoms with E-state index in [1.807, 2.05) is 12.4 Å². The molecule has 0 aromatic carbocycles. The quantitative estimate of drug-likeness (QED) is 0.930. The van der Waals surface area contributed by atoms with Crippen molar-refractivity contribution < 1.29 is 0 Å². The summed E-state index contributed by atoms with van der Waals surface area (Å²) >= 11 is 3.49. The Bertz CT molecular complexity index is 383. The first kappa shape index (κ1) is 14.0. The molecule has 3 nitrogen and oxygen atoms in total. The number of halogens is 1. The van der Waals surface area contributed by atoms with E-state index in [0.29, 0.717) is 12.1 Å². The molecular formula is C14H22BrN3. The van der Waals surface area contributed by atoms with Crippen LogP contribution < -0.4 is 5.32 Å². The van der Waals surface area contributed by atoms with Crippen LogP contribution in [0.2, 0.25) is 0 Å². The topological polar surface area (TPSA) is 28.2 Å². The van der Waals surface area contributed by atoms with Crippen molar-refractivity contribution in [3.8, 4) is 0 Å². The number of hydrogen-bond acceptors (Lipinski definition) is 3. The average molecular weight is 312 g/mol. The van der Waals surface area contributed by atoms with E-state index in [0.717, 1.165) is 24.1 Å². The highest BCUT2D eigenvalue weighted by molar-refractivity contribution is 9.10. The molecule has 1 fully saturated rings. The first-order chi connectivity index (χ1) is 8.69. The standard InChI is InChI=1S/C14H22BrN3/c1-3-14-10-18(11(2)4-5-17-14)9-12-6-13(15)8-16-7-12/h6-8,11,14,17H,3-5,9-10H2,1-2H3. The fraction of sp³-hybridized carbons (Fsp3) is 0.643. The molecule has 0 radical (unpaired) electrons. The van der Waals surface area contributed by atoms with Gasteiger partial charge in [-0.1, -0.05) is 6.92 Å². The Morgan fingerprint density at radius 1 is 1.50 bits per heavy atom. The Morgan fingerprint density at radius 2 is 2.33 bits per heavy atom. The fourth-order valence-corrected chi connectivity index (χ4v) is 2.89. The van der Waals surface area contributed by atoms with Crippen LogP contribution in [0.25, 0.3) is 0 Å². The molecule has 2 atom stereocenters. The van der Waals surface area contributed by atoms with E-state index in [1.54, 1.807) is 0 Å². The zero-order valence-corrected chi connectivity index (χ0v) is 12.8. The molecule has 0 amide bonds. The maximum absolute atomic E-state index is 4.25. The summed E-state index contributed by atoms with van der Waals surface area (Å²) in [6.45, 7) is 7.83. The summed E-state index contributed by atoms with van der Waals surface area (Å²) in [6.07, 6.45) is 6.22. The molecule has 100 valence electrons. The minimum atomic E-state index is 0.620. The van der Waals surface area contributed by atoms with E-state index in [9.17, 15) is 0 Å². The highest BCUT2D eigenvalue weighted by atomic mass is 79.9. The van der Waals surface area contributed by atoms with E-state index >= 15 is 0 Å². The van der Waals surface area contributed by atoms with Crippen molar-refractivity contribution in [2.24, 2.45) is 0 Å². The number of nitrogens with one attached hydrogen (secondary N) is 1. The van der Waals surface area contributed by atoms with Crippen LogP contribution in [-0.2, 0) is 6.54 Å². The molecule has 1 aliphatic rings. The van der Waals surface area contributed by atoms with Crippen molar-refractivity contribution in [1.29, 1.82) is 0 Å². The Balaban J connectivity index is 2.05. The summed E-state index contributed by atoms with van der Waals surface area (Å²) in [4.78, 5) is 6.82. The zero-order valence-electron chi connectivity index (χ0n) is 11.2. The van der Waals surface area contributed by atoms with Gasteiger partial charge in [-0.25, -0.2) is 0 Å². The summed E-state index contributed by atoms with van der Waals surface area (Å²) in [5.41, 5.74) is 1.29. The maximum Gasteiger partial charge on any atom is 0.0410 e. The molecule has 1 saturated heterocycles.